The lowest BCUT2D eigenvalue weighted by Crippen LogP contribution is -2.26. The van der Waals surface area contributed by atoms with Gasteiger partial charge in [-0.2, -0.15) is 8.78 Å². The van der Waals surface area contributed by atoms with E-state index in [4.69, 9.17) is 14.6 Å². The second kappa shape index (κ2) is 14.4. The van der Waals surface area contributed by atoms with E-state index in [1.807, 2.05) is 17.0 Å². The molecule has 224 valence electrons. The van der Waals surface area contributed by atoms with E-state index in [2.05, 4.69) is 0 Å². The lowest BCUT2D eigenvalue weighted by molar-refractivity contribution is -0.186. The standard InChI is InChI=1S/C34H33F2NO6/c1-42-30-19-15-26(16-20-30)25-13-17-29(18-14-25)34(35,36)43-31-7-3-2-6-28(31)23-37(21-5-4-8-32(38)39)22-24-9-11-27(12-10-24)33(40)41/h2-3,6-7,9-20H,4-5,8,21-23H2,1H3,(H,38,39)(H,40,41). The normalized spacial score (nSPS) is 11.3. The fraction of sp³-hybridized carbons (Fsp3) is 0.235. The molecule has 0 amide bonds. The van der Waals surface area contributed by atoms with Gasteiger partial charge in [-0.05, 0) is 78.5 Å². The number of aromatic carboxylic acids is 1. The van der Waals surface area contributed by atoms with Crippen molar-refractivity contribution >= 4 is 11.9 Å². The van der Waals surface area contributed by atoms with Crippen LogP contribution < -0.4 is 9.47 Å². The summed E-state index contributed by atoms with van der Waals surface area (Å²) in [4.78, 5) is 24.2. The summed E-state index contributed by atoms with van der Waals surface area (Å²) in [6, 6.07) is 26.3. The topological polar surface area (TPSA) is 96.3 Å². The van der Waals surface area contributed by atoms with E-state index in [0.717, 1.165) is 16.7 Å². The molecular formula is C34H33F2NO6. The molecule has 4 aromatic rings. The van der Waals surface area contributed by atoms with Crippen LogP contribution in [0.5, 0.6) is 11.5 Å². The summed E-state index contributed by atoms with van der Waals surface area (Å²) in [7, 11) is 1.58. The van der Waals surface area contributed by atoms with Crippen LogP contribution in [0.1, 0.15) is 46.3 Å². The van der Waals surface area contributed by atoms with E-state index in [1.165, 1.54) is 30.3 Å². The van der Waals surface area contributed by atoms with Crippen LogP contribution in [0.3, 0.4) is 0 Å². The Morgan fingerprint density at radius 2 is 1.42 bits per heavy atom. The van der Waals surface area contributed by atoms with Gasteiger partial charge in [0.2, 0.25) is 0 Å². The third kappa shape index (κ3) is 8.86. The zero-order valence-corrected chi connectivity index (χ0v) is 23.7. The number of rotatable bonds is 15. The highest BCUT2D eigenvalue weighted by molar-refractivity contribution is 5.87. The van der Waals surface area contributed by atoms with Crippen LogP contribution in [0.4, 0.5) is 8.78 Å². The van der Waals surface area contributed by atoms with Gasteiger partial charge in [0.15, 0.2) is 0 Å². The number of hydrogen-bond acceptors (Lipinski definition) is 5. The zero-order valence-electron chi connectivity index (χ0n) is 23.7. The van der Waals surface area contributed by atoms with E-state index >= 15 is 8.78 Å². The highest BCUT2D eigenvalue weighted by Crippen LogP contribution is 2.35. The summed E-state index contributed by atoms with van der Waals surface area (Å²) in [6.07, 6.45) is -2.52. The largest absolute Gasteiger partial charge is 0.497 e. The fourth-order valence-electron chi connectivity index (χ4n) is 4.65. The van der Waals surface area contributed by atoms with Gasteiger partial charge in [-0.3, -0.25) is 9.69 Å². The number of unbranched alkanes of at least 4 members (excludes halogenated alkanes) is 1. The van der Waals surface area contributed by atoms with Crippen LogP contribution >= 0.6 is 0 Å². The highest BCUT2D eigenvalue weighted by atomic mass is 19.3. The molecule has 0 saturated heterocycles. The van der Waals surface area contributed by atoms with Gasteiger partial charge in [-0.25, -0.2) is 4.79 Å². The number of nitrogens with zero attached hydrogens (tertiary/aromatic N) is 1. The van der Waals surface area contributed by atoms with Crippen molar-refractivity contribution in [2.24, 2.45) is 0 Å². The van der Waals surface area contributed by atoms with Crippen molar-refractivity contribution < 1.29 is 38.1 Å². The Bertz CT molecular complexity index is 1510. The van der Waals surface area contributed by atoms with E-state index in [1.54, 1.807) is 61.7 Å². The molecule has 0 atom stereocenters. The monoisotopic (exact) mass is 589 g/mol. The Balaban J connectivity index is 1.50. The van der Waals surface area contributed by atoms with Crippen LogP contribution in [0.2, 0.25) is 0 Å². The second-order valence-corrected chi connectivity index (χ2v) is 10.1. The van der Waals surface area contributed by atoms with Gasteiger partial charge in [-0.15, -0.1) is 0 Å². The maximum Gasteiger partial charge on any atom is 0.426 e. The van der Waals surface area contributed by atoms with E-state index in [9.17, 15) is 14.7 Å². The Kier molecular flexibility index (Phi) is 10.5. The number of carboxylic acids is 2. The molecule has 0 aliphatic carbocycles. The Morgan fingerprint density at radius 1 is 0.791 bits per heavy atom. The number of carbonyl (C=O) groups is 2. The molecule has 4 aromatic carbocycles. The van der Waals surface area contributed by atoms with Gasteiger partial charge in [0.1, 0.15) is 11.5 Å². The van der Waals surface area contributed by atoms with Gasteiger partial charge < -0.3 is 19.7 Å². The number of alkyl halides is 2. The molecule has 0 aromatic heterocycles. The number of carboxylic acid groups (broad SMARTS) is 2. The molecule has 0 radical (unpaired) electrons. The van der Waals surface area contributed by atoms with Crippen LogP contribution in [-0.4, -0.2) is 40.7 Å². The summed E-state index contributed by atoms with van der Waals surface area (Å²) >= 11 is 0. The summed E-state index contributed by atoms with van der Waals surface area (Å²) in [5.41, 5.74) is 2.89. The van der Waals surface area contributed by atoms with Crippen molar-refractivity contribution in [3.8, 4) is 22.6 Å². The third-order valence-corrected chi connectivity index (χ3v) is 6.97. The van der Waals surface area contributed by atoms with Gasteiger partial charge in [0, 0.05) is 25.1 Å². The van der Waals surface area contributed by atoms with E-state index in [0.29, 0.717) is 37.2 Å². The van der Waals surface area contributed by atoms with Crippen molar-refractivity contribution in [1.82, 2.24) is 4.90 Å². The number of aliphatic carboxylic acids is 1. The summed E-state index contributed by atoms with van der Waals surface area (Å²) in [6.45, 7) is 1.17. The minimum absolute atomic E-state index is 0.0310. The minimum atomic E-state index is -3.60. The third-order valence-electron chi connectivity index (χ3n) is 6.97. The van der Waals surface area contributed by atoms with Crippen molar-refractivity contribution in [3.05, 3.63) is 119 Å². The number of benzene rings is 4. The highest BCUT2D eigenvalue weighted by Gasteiger charge is 2.35. The summed E-state index contributed by atoms with van der Waals surface area (Å²) in [5.74, 6) is -1.18. The van der Waals surface area contributed by atoms with Gasteiger partial charge in [0.05, 0.1) is 18.2 Å². The van der Waals surface area contributed by atoms with E-state index in [-0.39, 0.29) is 29.8 Å². The van der Waals surface area contributed by atoms with Crippen molar-refractivity contribution in [1.29, 1.82) is 0 Å². The first kappa shape index (κ1) is 31.2. The number of para-hydroxylation sites is 1. The van der Waals surface area contributed by atoms with Gasteiger partial charge in [-0.1, -0.05) is 54.6 Å². The molecule has 0 aliphatic rings. The molecule has 0 unspecified atom stereocenters. The predicted octanol–water partition coefficient (Wildman–Crippen LogP) is 7.45. The minimum Gasteiger partial charge on any atom is -0.497 e. The van der Waals surface area contributed by atoms with Gasteiger partial charge in [0.25, 0.3) is 0 Å². The summed E-state index contributed by atoms with van der Waals surface area (Å²) in [5, 5.41) is 18.2. The first-order chi connectivity index (χ1) is 20.6. The predicted molar refractivity (Wildman–Crippen MR) is 158 cm³/mol. The molecule has 9 heteroatoms. The number of ether oxygens (including phenoxy) is 2. The lowest BCUT2D eigenvalue weighted by Gasteiger charge is -2.25. The quantitative estimate of drug-likeness (QED) is 0.139. The molecule has 4 rings (SSSR count). The molecule has 0 heterocycles. The summed E-state index contributed by atoms with van der Waals surface area (Å²) < 4.78 is 41.3. The van der Waals surface area contributed by atoms with Crippen LogP contribution in [0.15, 0.2) is 97.1 Å². The molecule has 0 bridgehead atoms. The zero-order chi connectivity index (χ0) is 30.8. The first-order valence-electron chi connectivity index (χ1n) is 13.8. The molecule has 0 spiro atoms. The van der Waals surface area contributed by atoms with Crippen LogP contribution in [0, 0.1) is 0 Å². The molecule has 0 saturated carbocycles. The van der Waals surface area contributed by atoms with Crippen molar-refractivity contribution in [2.45, 2.75) is 38.5 Å². The Labute approximate surface area is 248 Å². The number of methoxy groups -OCH3 is 1. The number of halogens is 2. The number of hydrogen-bond donors (Lipinski definition) is 2. The average Bonchev–Trinajstić information content (AvgIpc) is 3.00. The lowest BCUT2D eigenvalue weighted by atomic mass is 10.0. The smallest absolute Gasteiger partial charge is 0.426 e. The molecular weight excluding hydrogens is 556 g/mol. The van der Waals surface area contributed by atoms with Gasteiger partial charge >= 0.3 is 18.0 Å². The van der Waals surface area contributed by atoms with Crippen LogP contribution in [-0.2, 0) is 24.0 Å². The molecule has 2 N–H and O–H groups in total. The van der Waals surface area contributed by atoms with E-state index < -0.39 is 18.0 Å². The Morgan fingerprint density at radius 3 is 2.02 bits per heavy atom. The SMILES string of the molecule is COc1ccc(-c2ccc(C(F)(F)Oc3ccccc3CN(CCCCC(=O)O)Cc3ccc(C(=O)O)cc3)cc2)cc1. The molecule has 0 aliphatic heterocycles. The molecule has 43 heavy (non-hydrogen) atoms. The maximum absolute atomic E-state index is 15.4. The van der Waals surface area contributed by atoms with Crippen molar-refractivity contribution in [3.63, 3.8) is 0 Å². The second-order valence-electron chi connectivity index (χ2n) is 10.1. The van der Waals surface area contributed by atoms with Crippen LogP contribution in [0.25, 0.3) is 11.1 Å². The fourth-order valence-corrected chi connectivity index (χ4v) is 4.65. The first-order valence-corrected chi connectivity index (χ1v) is 13.8. The molecule has 7 nitrogen and oxygen atoms in total. The average molecular weight is 590 g/mol. The maximum atomic E-state index is 15.4. The van der Waals surface area contributed by atoms with Crippen molar-refractivity contribution in [2.75, 3.05) is 13.7 Å². The Hall–Kier alpha value is -4.76. The molecule has 0 fully saturated rings.